The van der Waals surface area contributed by atoms with E-state index in [-0.39, 0.29) is 28.6 Å². The first-order valence-corrected chi connectivity index (χ1v) is 8.66. The number of aromatic nitrogens is 1. The molecule has 1 aliphatic rings. The van der Waals surface area contributed by atoms with E-state index in [0.29, 0.717) is 37.8 Å². The predicted molar refractivity (Wildman–Crippen MR) is 88.6 cm³/mol. The number of hydrogen-bond acceptors (Lipinski definition) is 5. The van der Waals surface area contributed by atoms with E-state index >= 15 is 0 Å². The number of rotatable bonds is 4. The minimum absolute atomic E-state index is 0.0486. The molecule has 1 aromatic carbocycles. The number of benzene rings is 1. The second-order valence-corrected chi connectivity index (χ2v) is 6.67. The lowest BCUT2D eigenvalue weighted by Crippen LogP contribution is -2.39. The number of alkyl halides is 3. The van der Waals surface area contributed by atoms with Crippen LogP contribution in [0.1, 0.15) is 47.3 Å². The first-order valence-electron chi connectivity index (χ1n) is 8.66. The Morgan fingerprint density at radius 2 is 1.93 bits per heavy atom. The molecule has 1 heterocycles. The predicted octanol–water partition coefficient (Wildman–Crippen LogP) is 3.03. The van der Waals surface area contributed by atoms with Gasteiger partial charge in [-0.3, -0.25) is 4.79 Å². The molecular weight excluding hydrogens is 384 g/mol. The maximum absolute atomic E-state index is 13.8. The molecule has 0 aliphatic heterocycles. The van der Waals surface area contributed by atoms with Gasteiger partial charge in [0.2, 0.25) is 0 Å². The molecule has 152 valence electrons. The summed E-state index contributed by atoms with van der Waals surface area (Å²) in [6.45, 7) is -0.673. The number of aliphatic hydroxyl groups excluding tert-OH is 2. The summed E-state index contributed by atoms with van der Waals surface area (Å²) in [7, 11) is 0. The fourth-order valence-corrected chi connectivity index (χ4v) is 3.22. The molecule has 1 amide bonds. The number of aliphatic hydroxyl groups is 2. The molecule has 3 rings (SSSR count). The highest BCUT2D eigenvalue weighted by Gasteiger charge is 2.34. The van der Waals surface area contributed by atoms with Crippen LogP contribution >= 0.6 is 0 Å². The average molecular weight is 402 g/mol. The first-order chi connectivity index (χ1) is 13.2. The van der Waals surface area contributed by atoms with Crippen molar-refractivity contribution in [1.82, 2.24) is 10.5 Å². The van der Waals surface area contributed by atoms with Crippen molar-refractivity contribution in [3.05, 3.63) is 40.8 Å². The summed E-state index contributed by atoms with van der Waals surface area (Å²) in [6, 6.07) is 1.98. The van der Waals surface area contributed by atoms with Gasteiger partial charge in [-0.15, -0.1) is 0 Å². The fraction of sp³-hybridized carbons (Fsp3) is 0.444. The number of nitrogens with one attached hydrogen (secondary N) is 1. The molecule has 0 radical (unpaired) electrons. The van der Waals surface area contributed by atoms with Gasteiger partial charge in [0, 0.05) is 11.6 Å². The Hall–Kier alpha value is -2.46. The zero-order chi connectivity index (χ0) is 20.5. The third kappa shape index (κ3) is 4.17. The van der Waals surface area contributed by atoms with Crippen molar-refractivity contribution in [2.75, 3.05) is 0 Å². The summed E-state index contributed by atoms with van der Waals surface area (Å²) >= 11 is 0. The van der Waals surface area contributed by atoms with Gasteiger partial charge in [0.1, 0.15) is 5.82 Å². The highest BCUT2D eigenvalue weighted by molar-refractivity contribution is 5.95. The number of halogens is 4. The monoisotopic (exact) mass is 402 g/mol. The molecule has 2 aromatic rings. The van der Waals surface area contributed by atoms with E-state index in [1.54, 1.807) is 0 Å². The second-order valence-electron chi connectivity index (χ2n) is 6.67. The van der Waals surface area contributed by atoms with Crippen molar-refractivity contribution in [3.63, 3.8) is 0 Å². The van der Waals surface area contributed by atoms with E-state index in [4.69, 9.17) is 4.52 Å². The van der Waals surface area contributed by atoms with E-state index in [0.717, 1.165) is 6.07 Å². The van der Waals surface area contributed by atoms with Gasteiger partial charge in [-0.25, -0.2) is 4.39 Å². The zero-order valence-corrected chi connectivity index (χ0v) is 14.6. The quantitative estimate of drug-likeness (QED) is 0.684. The number of amides is 1. The minimum Gasteiger partial charge on any atom is -0.393 e. The fourth-order valence-electron chi connectivity index (χ4n) is 3.22. The summed E-state index contributed by atoms with van der Waals surface area (Å²) in [6.07, 6.45) is -2.98. The van der Waals surface area contributed by atoms with Gasteiger partial charge in [-0.1, -0.05) is 11.2 Å². The van der Waals surface area contributed by atoms with Crippen LogP contribution in [0, 0.1) is 5.82 Å². The minimum atomic E-state index is -4.84. The number of carbonyl (C=O) groups excluding carboxylic acids is 1. The van der Waals surface area contributed by atoms with E-state index in [1.165, 1.54) is 0 Å². The molecule has 1 saturated carbocycles. The second kappa shape index (κ2) is 7.88. The third-order valence-electron chi connectivity index (χ3n) is 4.73. The van der Waals surface area contributed by atoms with Gasteiger partial charge < -0.3 is 20.1 Å². The van der Waals surface area contributed by atoms with Crippen LogP contribution in [0.15, 0.2) is 22.7 Å². The van der Waals surface area contributed by atoms with Crippen molar-refractivity contribution in [3.8, 4) is 11.3 Å². The van der Waals surface area contributed by atoms with Crippen LogP contribution in [0.3, 0.4) is 0 Å². The highest BCUT2D eigenvalue weighted by Crippen LogP contribution is 2.35. The van der Waals surface area contributed by atoms with E-state index in [1.807, 2.05) is 0 Å². The lowest BCUT2D eigenvalue weighted by Gasteiger charge is -2.25. The molecule has 3 N–H and O–H groups in total. The summed E-state index contributed by atoms with van der Waals surface area (Å²) in [4.78, 5) is 12.4. The van der Waals surface area contributed by atoms with Crippen LogP contribution in [0.4, 0.5) is 17.6 Å². The summed E-state index contributed by atoms with van der Waals surface area (Å²) in [5.74, 6) is -2.30. The van der Waals surface area contributed by atoms with Gasteiger partial charge in [0.15, 0.2) is 11.5 Å². The molecule has 0 unspecified atom stereocenters. The van der Waals surface area contributed by atoms with Gasteiger partial charge in [0.05, 0.1) is 23.8 Å². The Morgan fingerprint density at radius 3 is 2.50 bits per heavy atom. The molecule has 0 spiro atoms. The summed E-state index contributed by atoms with van der Waals surface area (Å²) in [5, 5.41) is 25.4. The Kier molecular flexibility index (Phi) is 5.71. The standard InChI is InChI=1S/C18H18F4N2O4/c19-14-7-9(1-6-13(14)18(20,21)22)16-12(8-25)15(24-28-16)17(27)23-10-2-4-11(26)5-3-10/h1,6-7,10-11,25-26H,2-5,8H2,(H,23,27). The van der Waals surface area contributed by atoms with Crippen LogP contribution < -0.4 is 5.32 Å². The number of nitrogens with zero attached hydrogens (tertiary/aromatic N) is 1. The van der Waals surface area contributed by atoms with E-state index < -0.39 is 36.2 Å². The molecule has 0 atom stereocenters. The Bertz CT molecular complexity index is 858. The molecule has 28 heavy (non-hydrogen) atoms. The van der Waals surface area contributed by atoms with E-state index in [9.17, 15) is 32.6 Å². The van der Waals surface area contributed by atoms with Crippen LogP contribution in [0.25, 0.3) is 11.3 Å². The van der Waals surface area contributed by atoms with E-state index in [2.05, 4.69) is 10.5 Å². The van der Waals surface area contributed by atoms with Crippen LogP contribution in [-0.4, -0.2) is 33.4 Å². The summed E-state index contributed by atoms with van der Waals surface area (Å²) < 4.78 is 57.0. The Morgan fingerprint density at radius 1 is 1.25 bits per heavy atom. The maximum Gasteiger partial charge on any atom is 0.419 e. The van der Waals surface area contributed by atoms with Crippen molar-refractivity contribution in [2.24, 2.45) is 0 Å². The molecule has 6 nitrogen and oxygen atoms in total. The van der Waals surface area contributed by atoms with Crippen LogP contribution in [0.2, 0.25) is 0 Å². The largest absolute Gasteiger partial charge is 0.419 e. The Labute approximate surface area is 157 Å². The normalized spacial score (nSPS) is 20.2. The number of hydrogen-bond donors (Lipinski definition) is 3. The number of carbonyl (C=O) groups is 1. The molecule has 0 bridgehead atoms. The van der Waals surface area contributed by atoms with Crippen molar-refractivity contribution in [2.45, 2.75) is 50.6 Å². The first kappa shape index (κ1) is 20.3. The lowest BCUT2D eigenvalue weighted by atomic mass is 9.93. The summed E-state index contributed by atoms with van der Waals surface area (Å²) in [5.41, 5.74) is -1.78. The van der Waals surface area contributed by atoms with Gasteiger partial charge >= 0.3 is 6.18 Å². The zero-order valence-electron chi connectivity index (χ0n) is 14.6. The average Bonchev–Trinajstić information content (AvgIpc) is 3.06. The molecular formula is C18H18F4N2O4. The Balaban J connectivity index is 1.84. The van der Waals surface area contributed by atoms with Crippen LogP contribution in [-0.2, 0) is 12.8 Å². The molecule has 1 fully saturated rings. The topological polar surface area (TPSA) is 95.6 Å². The molecule has 10 heteroatoms. The highest BCUT2D eigenvalue weighted by atomic mass is 19.4. The third-order valence-corrected chi connectivity index (χ3v) is 4.73. The molecule has 0 saturated heterocycles. The van der Waals surface area contributed by atoms with Crippen molar-refractivity contribution < 1.29 is 37.1 Å². The maximum atomic E-state index is 13.8. The van der Waals surface area contributed by atoms with Gasteiger partial charge in [-0.05, 0) is 37.8 Å². The smallest absolute Gasteiger partial charge is 0.393 e. The molecule has 1 aromatic heterocycles. The van der Waals surface area contributed by atoms with Crippen LogP contribution in [0.5, 0.6) is 0 Å². The van der Waals surface area contributed by atoms with Crippen molar-refractivity contribution >= 4 is 5.91 Å². The SMILES string of the molecule is O=C(NC1CCC(O)CC1)c1noc(-c2ccc(C(F)(F)F)c(F)c2)c1CO. The molecule has 1 aliphatic carbocycles. The van der Waals surface area contributed by atoms with Gasteiger partial charge in [0.25, 0.3) is 5.91 Å². The lowest BCUT2D eigenvalue weighted by molar-refractivity contribution is -0.139. The van der Waals surface area contributed by atoms with Gasteiger partial charge in [-0.2, -0.15) is 13.2 Å². The van der Waals surface area contributed by atoms with Crippen molar-refractivity contribution in [1.29, 1.82) is 0 Å².